The molecule has 1 aliphatic rings. The van der Waals surface area contributed by atoms with E-state index in [9.17, 15) is 9.59 Å². The molecule has 19 heavy (non-hydrogen) atoms. The minimum Gasteiger partial charge on any atom is -0.491 e. The fraction of sp³-hybridized carbons (Fsp3) is 0.733. The highest BCUT2D eigenvalue weighted by Crippen LogP contribution is 2.29. The van der Waals surface area contributed by atoms with Gasteiger partial charge < -0.3 is 10.1 Å². The van der Waals surface area contributed by atoms with Gasteiger partial charge in [-0.2, -0.15) is 0 Å². The lowest BCUT2D eigenvalue weighted by atomic mass is 9.84. The van der Waals surface area contributed by atoms with E-state index in [1.54, 1.807) is 0 Å². The SMILES string of the molecule is CC[C@H](CC1CCCCC1)Nc1c(OC)c(=O)c1=O. The molecule has 1 fully saturated rings. The first kappa shape index (κ1) is 14.1. The molecule has 1 aliphatic carbocycles. The number of hydrogen-bond donors (Lipinski definition) is 1. The molecule has 0 radical (unpaired) electrons. The van der Waals surface area contributed by atoms with Gasteiger partial charge in [0.1, 0.15) is 5.69 Å². The van der Waals surface area contributed by atoms with Crippen molar-refractivity contribution in [3.05, 3.63) is 20.4 Å². The molecule has 1 aromatic carbocycles. The molecule has 0 aliphatic heterocycles. The zero-order valence-electron chi connectivity index (χ0n) is 11.8. The molecule has 4 nitrogen and oxygen atoms in total. The van der Waals surface area contributed by atoms with Crippen LogP contribution >= 0.6 is 0 Å². The Balaban J connectivity index is 1.96. The third-order valence-electron chi connectivity index (χ3n) is 4.25. The number of hydrogen-bond acceptors (Lipinski definition) is 4. The van der Waals surface area contributed by atoms with E-state index in [2.05, 4.69) is 12.2 Å². The van der Waals surface area contributed by atoms with Gasteiger partial charge in [-0.3, -0.25) is 9.59 Å². The maximum absolute atomic E-state index is 11.5. The van der Waals surface area contributed by atoms with Crippen LogP contribution in [0.15, 0.2) is 9.59 Å². The van der Waals surface area contributed by atoms with Gasteiger partial charge in [0, 0.05) is 6.04 Å². The minimum absolute atomic E-state index is 0.201. The van der Waals surface area contributed by atoms with Gasteiger partial charge in [0.2, 0.25) is 0 Å². The number of ether oxygens (including phenoxy) is 1. The summed E-state index contributed by atoms with van der Waals surface area (Å²) in [7, 11) is 1.43. The first-order valence-electron chi connectivity index (χ1n) is 7.31. The van der Waals surface area contributed by atoms with E-state index >= 15 is 0 Å². The Morgan fingerprint density at radius 2 is 1.89 bits per heavy atom. The Morgan fingerprint density at radius 3 is 2.47 bits per heavy atom. The third kappa shape index (κ3) is 2.99. The van der Waals surface area contributed by atoms with Gasteiger partial charge in [0.15, 0.2) is 5.75 Å². The molecule has 0 unspecified atom stereocenters. The van der Waals surface area contributed by atoms with Crippen LogP contribution in [0.3, 0.4) is 0 Å². The molecule has 0 aromatic heterocycles. The van der Waals surface area contributed by atoms with Crippen molar-refractivity contribution in [2.75, 3.05) is 12.4 Å². The van der Waals surface area contributed by atoms with Crippen LogP contribution in [0.1, 0.15) is 51.9 Å². The summed E-state index contributed by atoms with van der Waals surface area (Å²) in [5.74, 6) is 0.954. The molecule has 0 bridgehead atoms. The van der Waals surface area contributed by atoms with Gasteiger partial charge in [0.25, 0.3) is 10.9 Å². The average Bonchev–Trinajstić information content (AvgIpc) is 2.46. The van der Waals surface area contributed by atoms with Crippen LogP contribution in [0.2, 0.25) is 0 Å². The van der Waals surface area contributed by atoms with Gasteiger partial charge in [-0.15, -0.1) is 0 Å². The summed E-state index contributed by atoms with van der Waals surface area (Å²) in [5, 5.41) is 3.22. The maximum Gasteiger partial charge on any atom is 0.271 e. The lowest BCUT2D eigenvalue weighted by Crippen LogP contribution is -2.38. The second-order valence-electron chi connectivity index (χ2n) is 5.56. The number of rotatable bonds is 6. The molecule has 4 heteroatoms. The van der Waals surface area contributed by atoms with Gasteiger partial charge in [0.05, 0.1) is 7.11 Å². The van der Waals surface area contributed by atoms with E-state index in [1.807, 2.05) is 0 Å². The maximum atomic E-state index is 11.5. The van der Waals surface area contributed by atoms with Gasteiger partial charge in [-0.25, -0.2) is 0 Å². The number of nitrogens with one attached hydrogen (secondary N) is 1. The van der Waals surface area contributed by atoms with Crippen molar-refractivity contribution in [1.29, 1.82) is 0 Å². The van der Waals surface area contributed by atoms with E-state index in [0.29, 0.717) is 5.69 Å². The summed E-state index contributed by atoms with van der Waals surface area (Å²) < 4.78 is 4.96. The Morgan fingerprint density at radius 1 is 1.21 bits per heavy atom. The molecule has 1 atom stereocenters. The van der Waals surface area contributed by atoms with Crippen LogP contribution in [-0.4, -0.2) is 13.2 Å². The zero-order chi connectivity index (χ0) is 13.8. The van der Waals surface area contributed by atoms with Crippen LogP contribution in [0.25, 0.3) is 0 Å². The number of anilines is 1. The van der Waals surface area contributed by atoms with Gasteiger partial charge in [-0.05, 0) is 18.8 Å². The summed E-state index contributed by atoms with van der Waals surface area (Å²) in [4.78, 5) is 22.8. The Labute approximate surface area is 113 Å². The van der Waals surface area contributed by atoms with Crippen molar-refractivity contribution in [2.45, 2.75) is 57.9 Å². The molecule has 1 aromatic rings. The molecule has 106 valence electrons. The minimum atomic E-state index is -0.502. The molecular weight excluding hydrogens is 242 g/mol. The van der Waals surface area contributed by atoms with Gasteiger partial charge in [-0.1, -0.05) is 39.0 Å². The van der Waals surface area contributed by atoms with Crippen molar-refractivity contribution in [3.63, 3.8) is 0 Å². The van der Waals surface area contributed by atoms with Crippen molar-refractivity contribution in [3.8, 4) is 5.75 Å². The first-order valence-corrected chi connectivity index (χ1v) is 7.31. The second kappa shape index (κ2) is 6.22. The lowest BCUT2D eigenvalue weighted by molar-refractivity contribution is 0.320. The highest BCUT2D eigenvalue weighted by atomic mass is 16.5. The molecule has 1 N–H and O–H groups in total. The first-order chi connectivity index (χ1) is 9.17. The highest BCUT2D eigenvalue weighted by Gasteiger charge is 2.25. The standard InChI is InChI=1S/C15H23NO3/c1-3-11(9-10-7-5-4-6-8-10)16-12-13(17)14(18)15(12)19-2/h10-11,16H,3-9H2,1-2H3/t11-/m1/s1. The largest absolute Gasteiger partial charge is 0.491 e. The lowest BCUT2D eigenvalue weighted by Gasteiger charge is -2.27. The van der Waals surface area contributed by atoms with E-state index in [4.69, 9.17) is 4.74 Å². The van der Waals surface area contributed by atoms with Crippen molar-refractivity contribution >= 4 is 5.69 Å². The summed E-state index contributed by atoms with van der Waals surface area (Å²) in [6.07, 6.45) is 8.63. The summed E-state index contributed by atoms with van der Waals surface area (Å²) in [6.45, 7) is 2.11. The predicted octanol–water partition coefficient (Wildman–Crippen LogP) is 2.45. The predicted molar refractivity (Wildman–Crippen MR) is 76.8 cm³/mol. The quantitative estimate of drug-likeness (QED) is 0.803. The molecule has 2 rings (SSSR count). The fourth-order valence-corrected chi connectivity index (χ4v) is 3.05. The molecule has 1 saturated carbocycles. The van der Waals surface area contributed by atoms with Crippen LogP contribution in [-0.2, 0) is 0 Å². The Bertz CT molecular complexity index is 482. The second-order valence-corrected chi connectivity index (χ2v) is 5.56. The van der Waals surface area contributed by atoms with Crippen LogP contribution in [0, 0.1) is 5.92 Å². The Kier molecular flexibility index (Phi) is 4.61. The van der Waals surface area contributed by atoms with E-state index < -0.39 is 10.9 Å². The van der Waals surface area contributed by atoms with Gasteiger partial charge >= 0.3 is 0 Å². The molecule has 0 amide bonds. The summed E-state index contributed by atoms with van der Waals surface area (Å²) in [5.41, 5.74) is -0.549. The van der Waals surface area contributed by atoms with Crippen molar-refractivity contribution < 1.29 is 4.74 Å². The normalized spacial score (nSPS) is 18.4. The smallest absolute Gasteiger partial charge is 0.271 e. The molecule has 0 saturated heterocycles. The Hall–Kier alpha value is -1.32. The average molecular weight is 265 g/mol. The van der Waals surface area contributed by atoms with Crippen molar-refractivity contribution in [2.24, 2.45) is 5.92 Å². The van der Waals surface area contributed by atoms with Crippen LogP contribution in [0.5, 0.6) is 5.75 Å². The van der Waals surface area contributed by atoms with E-state index in [1.165, 1.54) is 39.2 Å². The fourth-order valence-electron chi connectivity index (χ4n) is 3.05. The topological polar surface area (TPSA) is 55.4 Å². The highest BCUT2D eigenvalue weighted by molar-refractivity contribution is 5.62. The summed E-state index contributed by atoms with van der Waals surface area (Å²) in [6, 6.07) is 0.264. The van der Waals surface area contributed by atoms with Crippen LogP contribution in [0.4, 0.5) is 5.69 Å². The van der Waals surface area contributed by atoms with E-state index in [-0.39, 0.29) is 11.8 Å². The molecule has 0 spiro atoms. The summed E-state index contributed by atoms with van der Waals surface area (Å²) >= 11 is 0. The number of methoxy groups -OCH3 is 1. The molecule has 0 heterocycles. The third-order valence-corrected chi connectivity index (χ3v) is 4.25. The van der Waals surface area contributed by atoms with Crippen LogP contribution < -0.4 is 20.9 Å². The molecular formula is C15H23NO3. The van der Waals surface area contributed by atoms with E-state index in [0.717, 1.165) is 18.8 Å². The monoisotopic (exact) mass is 265 g/mol. The zero-order valence-corrected chi connectivity index (χ0v) is 11.8. The van der Waals surface area contributed by atoms with Crippen molar-refractivity contribution in [1.82, 2.24) is 0 Å².